The predicted octanol–water partition coefficient (Wildman–Crippen LogP) is 4.35. The molecule has 0 atom stereocenters. The van der Waals surface area contributed by atoms with E-state index in [1.807, 2.05) is 50.2 Å². The van der Waals surface area contributed by atoms with Crippen molar-refractivity contribution >= 4 is 51.5 Å². The van der Waals surface area contributed by atoms with Gasteiger partial charge in [0.05, 0.1) is 12.9 Å². The third-order valence-corrected chi connectivity index (χ3v) is 6.13. The molecule has 3 amide bonds. The number of nitrogens with one attached hydrogen (secondary N) is 3. The standard InChI is InChI=1S/C20H21N5O3S2/c1-12-6-4-9-16(13(12)2)22-18(27)23-17(26)11-29-20-25-24-19(30-20)21-14-7-5-8-15(10-14)28-3/h4-10H,11H2,1-3H3,(H,21,24)(H2,22,23,26,27). The van der Waals surface area contributed by atoms with Gasteiger partial charge in [0.1, 0.15) is 5.75 Å². The van der Waals surface area contributed by atoms with Gasteiger partial charge in [-0.3, -0.25) is 10.1 Å². The lowest BCUT2D eigenvalue weighted by molar-refractivity contribution is -0.117. The zero-order valence-electron chi connectivity index (χ0n) is 16.7. The lowest BCUT2D eigenvalue weighted by Crippen LogP contribution is -2.35. The molecule has 0 bridgehead atoms. The molecule has 0 saturated heterocycles. The highest BCUT2D eigenvalue weighted by molar-refractivity contribution is 8.01. The van der Waals surface area contributed by atoms with Crippen molar-refractivity contribution in [3.63, 3.8) is 0 Å². The van der Waals surface area contributed by atoms with Crippen molar-refractivity contribution < 1.29 is 14.3 Å². The molecule has 10 heteroatoms. The molecule has 0 fully saturated rings. The van der Waals surface area contributed by atoms with E-state index in [0.717, 1.165) is 22.6 Å². The van der Waals surface area contributed by atoms with Gasteiger partial charge < -0.3 is 15.4 Å². The molecule has 0 aliphatic carbocycles. The molecule has 0 radical (unpaired) electrons. The van der Waals surface area contributed by atoms with E-state index in [2.05, 4.69) is 26.1 Å². The van der Waals surface area contributed by atoms with Crippen molar-refractivity contribution in [2.45, 2.75) is 18.2 Å². The van der Waals surface area contributed by atoms with Gasteiger partial charge in [0.15, 0.2) is 4.34 Å². The molecule has 0 aliphatic rings. The summed E-state index contributed by atoms with van der Waals surface area (Å²) < 4.78 is 5.81. The number of urea groups is 1. The van der Waals surface area contributed by atoms with Crippen molar-refractivity contribution in [2.24, 2.45) is 0 Å². The average Bonchev–Trinajstić information content (AvgIpc) is 3.17. The minimum absolute atomic E-state index is 0.0496. The van der Waals surface area contributed by atoms with Gasteiger partial charge in [-0.05, 0) is 43.2 Å². The van der Waals surface area contributed by atoms with Crippen LogP contribution in [-0.4, -0.2) is 35.0 Å². The summed E-state index contributed by atoms with van der Waals surface area (Å²) in [5.41, 5.74) is 3.51. The summed E-state index contributed by atoms with van der Waals surface area (Å²) in [6.45, 7) is 3.87. The van der Waals surface area contributed by atoms with Gasteiger partial charge in [0, 0.05) is 17.4 Å². The molecular weight excluding hydrogens is 422 g/mol. The summed E-state index contributed by atoms with van der Waals surface area (Å²) in [5.74, 6) is 0.365. The Balaban J connectivity index is 1.48. The number of hydrogen-bond acceptors (Lipinski definition) is 8. The summed E-state index contributed by atoms with van der Waals surface area (Å²) >= 11 is 2.53. The van der Waals surface area contributed by atoms with E-state index >= 15 is 0 Å². The molecular formula is C20H21N5O3S2. The highest BCUT2D eigenvalue weighted by Crippen LogP contribution is 2.28. The maximum atomic E-state index is 12.1. The second kappa shape index (κ2) is 10.1. The van der Waals surface area contributed by atoms with Crippen LogP contribution >= 0.6 is 23.1 Å². The molecule has 156 valence electrons. The molecule has 3 rings (SSSR count). The molecule has 1 aromatic heterocycles. The number of aryl methyl sites for hydroxylation is 1. The minimum Gasteiger partial charge on any atom is -0.497 e. The first-order valence-electron chi connectivity index (χ1n) is 8.99. The van der Waals surface area contributed by atoms with Crippen LogP contribution in [0.3, 0.4) is 0 Å². The maximum Gasteiger partial charge on any atom is 0.325 e. The number of aromatic nitrogens is 2. The fraction of sp³-hybridized carbons (Fsp3) is 0.200. The van der Waals surface area contributed by atoms with E-state index in [4.69, 9.17) is 4.74 Å². The second-order valence-electron chi connectivity index (χ2n) is 6.27. The fourth-order valence-electron chi connectivity index (χ4n) is 2.47. The van der Waals surface area contributed by atoms with E-state index in [-0.39, 0.29) is 5.75 Å². The zero-order valence-corrected chi connectivity index (χ0v) is 18.3. The third kappa shape index (κ3) is 5.94. The first kappa shape index (κ1) is 21.6. The maximum absolute atomic E-state index is 12.1. The second-order valence-corrected chi connectivity index (χ2v) is 8.47. The summed E-state index contributed by atoms with van der Waals surface area (Å²) in [7, 11) is 1.60. The summed E-state index contributed by atoms with van der Waals surface area (Å²) in [5, 5.41) is 16.9. The number of imide groups is 1. The largest absolute Gasteiger partial charge is 0.497 e. The van der Waals surface area contributed by atoms with Crippen LogP contribution < -0.4 is 20.7 Å². The van der Waals surface area contributed by atoms with Gasteiger partial charge in [-0.2, -0.15) is 0 Å². The van der Waals surface area contributed by atoms with E-state index < -0.39 is 11.9 Å². The number of carbonyl (C=O) groups is 2. The quantitative estimate of drug-likeness (QED) is 0.466. The van der Waals surface area contributed by atoms with Crippen LogP contribution in [0.1, 0.15) is 11.1 Å². The Morgan fingerprint density at radius 1 is 1.13 bits per heavy atom. The predicted molar refractivity (Wildman–Crippen MR) is 120 cm³/mol. The fourth-order valence-corrected chi connectivity index (χ4v) is 4.05. The Morgan fingerprint density at radius 2 is 1.93 bits per heavy atom. The number of carbonyl (C=O) groups excluding carboxylic acids is 2. The van der Waals surface area contributed by atoms with E-state index in [9.17, 15) is 9.59 Å². The SMILES string of the molecule is COc1cccc(Nc2nnc(SCC(=O)NC(=O)Nc3cccc(C)c3C)s2)c1. The Bertz CT molecular complexity index is 1050. The van der Waals surface area contributed by atoms with Gasteiger partial charge in [0.25, 0.3) is 0 Å². The molecule has 0 unspecified atom stereocenters. The monoisotopic (exact) mass is 443 g/mol. The summed E-state index contributed by atoms with van der Waals surface area (Å²) in [4.78, 5) is 24.1. The smallest absolute Gasteiger partial charge is 0.325 e. The lowest BCUT2D eigenvalue weighted by atomic mass is 10.1. The van der Waals surface area contributed by atoms with Crippen molar-refractivity contribution in [1.29, 1.82) is 0 Å². The number of amides is 3. The molecule has 0 saturated carbocycles. The van der Waals surface area contributed by atoms with E-state index in [1.165, 1.54) is 23.1 Å². The van der Waals surface area contributed by atoms with Crippen LogP contribution in [-0.2, 0) is 4.79 Å². The van der Waals surface area contributed by atoms with Crippen LogP contribution in [0, 0.1) is 13.8 Å². The summed E-state index contributed by atoms with van der Waals surface area (Å²) in [6, 6.07) is 12.5. The van der Waals surface area contributed by atoms with Crippen molar-refractivity contribution in [3.8, 4) is 5.75 Å². The number of rotatable bonds is 7. The highest BCUT2D eigenvalue weighted by atomic mass is 32.2. The normalized spacial score (nSPS) is 10.4. The van der Waals surface area contributed by atoms with Gasteiger partial charge in [-0.15, -0.1) is 10.2 Å². The Labute approximate surface area is 182 Å². The number of ether oxygens (including phenoxy) is 1. The van der Waals surface area contributed by atoms with Gasteiger partial charge in [-0.1, -0.05) is 41.3 Å². The molecule has 30 heavy (non-hydrogen) atoms. The van der Waals surface area contributed by atoms with Crippen LogP contribution in [0.5, 0.6) is 5.75 Å². The van der Waals surface area contributed by atoms with Crippen LogP contribution in [0.15, 0.2) is 46.8 Å². The first-order chi connectivity index (χ1) is 14.4. The Morgan fingerprint density at radius 3 is 2.73 bits per heavy atom. The van der Waals surface area contributed by atoms with Gasteiger partial charge in [-0.25, -0.2) is 4.79 Å². The molecule has 3 N–H and O–H groups in total. The van der Waals surface area contributed by atoms with Gasteiger partial charge in [0.2, 0.25) is 11.0 Å². The lowest BCUT2D eigenvalue weighted by Gasteiger charge is -2.10. The summed E-state index contributed by atoms with van der Waals surface area (Å²) in [6.07, 6.45) is 0. The molecule has 1 heterocycles. The van der Waals surface area contributed by atoms with E-state index in [0.29, 0.717) is 15.2 Å². The van der Waals surface area contributed by atoms with Crippen LogP contribution in [0.25, 0.3) is 0 Å². The number of nitrogens with zero attached hydrogens (tertiary/aromatic N) is 2. The molecule has 0 aliphatic heterocycles. The van der Waals surface area contributed by atoms with Crippen molar-refractivity contribution in [2.75, 3.05) is 23.5 Å². The van der Waals surface area contributed by atoms with Crippen LogP contribution in [0.4, 0.5) is 21.3 Å². The molecule has 2 aromatic carbocycles. The third-order valence-electron chi connectivity index (χ3n) is 4.16. The zero-order chi connectivity index (χ0) is 21.5. The van der Waals surface area contributed by atoms with Crippen molar-refractivity contribution in [3.05, 3.63) is 53.6 Å². The number of anilines is 3. The molecule has 3 aromatic rings. The molecule has 8 nitrogen and oxygen atoms in total. The number of methoxy groups -OCH3 is 1. The topological polar surface area (TPSA) is 105 Å². The number of thioether (sulfide) groups is 1. The number of hydrogen-bond donors (Lipinski definition) is 3. The van der Waals surface area contributed by atoms with Gasteiger partial charge >= 0.3 is 6.03 Å². The van der Waals surface area contributed by atoms with E-state index in [1.54, 1.807) is 13.2 Å². The number of benzene rings is 2. The van der Waals surface area contributed by atoms with Crippen molar-refractivity contribution in [1.82, 2.24) is 15.5 Å². The molecule has 0 spiro atoms. The minimum atomic E-state index is -0.563. The Kier molecular flexibility index (Phi) is 7.26. The average molecular weight is 444 g/mol. The van der Waals surface area contributed by atoms with Crippen LogP contribution in [0.2, 0.25) is 0 Å². The Hall–Kier alpha value is -3.11. The first-order valence-corrected chi connectivity index (χ1v) is 10.8. The highest BCUT2D eigenvalue weighted by Gasteiger charge is 2.12.